The van der Waals surface area contributed by atoms with Gasteiger partial charge in [0.15, 0.2) is 6.17 Å². The number of fused-ring (bicyclic) bond motifs is 1. The largest absolute Gasteiger partial charge is 0.489 e. The van der Waals surface area contributed by atoms with Gasteiger partial charge in [-0.1, -0.05) is 30.9 Å². The van der Waals surface area contributed by atoms with E-state index in [2.05, 4.69) is 35.8 Å². The number of likely N-dealkylation sites (N-methyl/N-ethyl adjacent to an activating group) is 1. The maximum Gasteiger partial charge on any atom is 0.156 e. The predicted molar refractivity (Wildman–Crippen MR) is 113 cm³/mol. The number of allylic oxidation sites excluding steroid dienone is 1. The molecular weight excluding hydrogens is 369 g/mol. The van der Waals surface area contributed by atoms with Gasteiger partial charge in [0.05, 0.1) is 6.61 Å². The number of halogens is 1. The van der Waals surface area contributed by atoms with Crippen molar-refractivity contribution in [2.75, 3.05) is 32.3 Å². The van der Waals surface area contributed by atoms with Crippen molar-refractivity contribution in [3.05, 3.63) is 77.5 Å². The topological polar surface area (TPSA) is 30.9 Å². The SMILES string of the molecule is C=C1C=Cc2cc(COc3cccc(C4(OC)CCOCC4F)c3)ccc2N1C. The molecule has 0 amide bonds. The Morgan fingerprint density at radius 3 is 2.90 bits per heavy atom. The third-order valence-corrected chi connectivity index (χ3v) is 5.82. The van der Waals surface area contributed by atoms with Crippen LogP contribution in [0, 0.1) is 0 Å². The first-order valence-corrected chi connectivity index (χ1v) is 9.77. The van der Waals surface area contributed by atoms with Crippen molar-refractivity contribution in [3.8, 4) is 5.75 Å². The van der Waals surface area contributed by atoms with E-state index in [0.29, 0.717) is 25.4 Å². The van der Waals surface area contributed by atoms with E-state index in [4.69, 9.17) is 14.2 Å². The Bertz CT molecular complexity index is 941. The monoisotopic (exact) mass is 395 g/mol. The van der Waals surface area contributed by atoms with Gasteiger partial charge in [0.25, 0.3) is 0 Å². The van der Waals surface area contributed by atoms with Gasteiger partial charge in [-0.05, 0) is 47.0 Å². The maximum absolute atomic E-state index is 14.7. The third-order valence-electron chi connectivity index (χ3n) is 5.82. The summed E-state index contributed by atoms with van der Waals surface area (Å²) in [7, 11) is 3.56. The number of rotatable bonds is 5. The van der Waals surface area contributed by atoms with E-state index in [1.165, 1.54) is 0 Å². The highest BCUT2D eigenvalue weighted by Gasteiger charge is 2.44. The Balaban J connectivity index is 1.51. The molecule has 2 aromatic rings. The summed E-state index contributed by atoms with van der Waals surface area (Å²) >= 11 is 0. The molecule has 0 bridgehead atoms. The molecule has 2 atom stereocenters. The van der Waals surface area contributed by atoms with Crippen LogP contribution in [0.3, 0.4) is 0 Å². The number of nitrogens with zero attached hydrogens (tertiary/aromatic N) is 1. The molecular formula is C24H26FNO3. The lowest BCUT2D eigenvalue weighted by molar-refractivity contribution is -0.148. The Labute approximate surface area is 171 Å². The zero-order valence-electron chi connectivity index (χ0n) is 16.9. The van der Waals surface area contributed by atoms with Gasteiger partial charge < -0.3 is 19.1 Å². The molecule has 4 rings (SSSR count). The van der Waals surface area contributed by atoms with Crippen LogP contribution in [0.5, 0.6) is 5.75 Å². The number of methoxy groups -OCH3 is 1. The highest BCUT2D eigenvalue weighted by atomic mass is 19.1. The van der Waals surface area contributed by atoms with Gasteiger partial charge in [-0.3, -0.25) is 0 Å². The minimum absolute atomic E-state index is 0.0441. The molecule has 0 radical (unpaired) electrons. The van der Waals surface area contributed by atoms with E-state index in [0.717, 1.165) is 28.1 Å². The van der Waals surface area contributed by atoms with Crippen LogP contribution in [0.15, 0.2) is 60.8 Å². The van der Waals surface area contributed by atoms with Gasteiger partial charge in [-0.25, -0.2) is 4.39 Å². The van der Waals surface area contributed by atoms with Crippen molar-refractivity contribution >= 4 is 11.8 Å². The third kappa shape index (κ3) is 3.68. The summed E-state index contributed by atoms with van der Waals surface area (Å²) in [5.74, 6) is 0.691. The first-order valence-electron chi connectivity index (χ1n) is 9.77. The molecule has 1 saturated heterocycles. The Morgan fingerprint density at radius 1 is 1.24 bits per heavy atom. The van der Waals surface area contributed by atoms with Crippen LogP contribution in [0.2, 0.25) is 0 Å². The van der Waals surface area contributed by atoms with Gasteiger partial charge in [0.1, 0.15) is 18.0 Å². The zero-order chi connectivity index (χ0) is 20.4. The lowest BCUT2D eigenvalue weighted by atomic mass is 9.84. The quantitative estimate of drug-likeness (QED) is 0.725. The number of anilines is 1. The molecule has 4 nitrogen and oxygen atoms in total. The first kappa shape index (κ1) is 19.7. The molecule has 0 aromatic heterocycles. The summed E-state index contributed by atoms with van der Waals surface area (Å²) < 4.78 is 31.6. The number of alkyl halides is 1. The minimum atomic E-state index is -1.21. The van der Waals surface area contributed by atoms with Crippen LogP contribution >= 0.6 is 0 Å². The number of ether oxygens (including phenoxy) is 3. The lowest BCUT2D eigenvalue weighted by Gasteiger charge is -2.39. The predicted octanol–water partition coefficient (Wildman–Crippen LogP) is 4.84. The van der Waals surface area contributed by atoms with Crippen molar-refractivity contribution in [2.24, 2.45) is 0 Å². The van der Waals surface area contributed by atoms with Crippen LogP contribution < -0.4 is 9.64 Å². The zero-order valence-corrected chi connectivity index (χ0v) is 16.9. The molecule has 2 aliphatic heterocycles. The Morgan fingerprint density at radius 2 is 2.10 bits per heavy atom. The van der Waals surface area contributed by atoms with Crippen LogP contribution in [0.25, 0.3) is 6.08 Å². The Hall–Kier alpha value is -2.63. The lowest BCUT2D eigenvalue weighted by Crippen LogP contribution is -2.46. The fraction of sp³-hybridized carbons (Fsp3) is 0.333. The molecule has 5 heteroatoms. The molecule has 29 heavy (non-hydrogen) atoms. The molecule has 2 unspecified atom stereocenters. The van der Waals surface area contributed by atoms with Crippen molar-refractivity contribution in [2.45, 2.75) is 24.8 Å². The molecule has 1 fully saturated rings. The summed E-state index contributed by atoms with van der Waals surface area (Å²) in [4.78, 5) is 2.06. The van der Waals surface area contributed by atoms with Gasteiger partial charge >= 0.3 is 0 Å². The van der Waals surface area contributed by atoms with E-state index in [1.807, 2.05) is 37.4 Å². The van der Waals surface area contributed by atoms with Crippen LogP contribution in [-0.4, -0.2) is 33.5 Å². The second-order valence-electron chi connectivity index (χ2n) is 7.48. The summed E-state index contributed by atoms with van der Waals surface area (Å²) in [5.41, 5.74) is 4.08. The normalized spacial score (nSPS) is 23.8. The van der Waals surface area contributed by atoms with Gasteiger partial charge in [0, 0.05) is 38.6 Å². The molecule has 0 N–H and O–H groups in total. The van der Waals surface area contributed by atoms with E-state index >= 15 is 0 Å². The molecule has 2 aliphatic rings. The van der Waals surface area contributed by atoms with Crippen molar-refractivity contribution in [3.63, 3.8) is 0 Å². The fourth-order valence-corrected chi connectivity index (χ4v) is 3.98. The smallest absolute Gasteiger partial charge is 0.156 e. The number of hydrogen-bond donors (Lipinski definition) is 0. The number of hydrogen-bond acceptors (Lipinski definition) is 4. The van der Waals surface area contributed by atoms with Crippen LogP contribution in [0.4, 0.5) is 10.1 Å². The standard InChI is InChI=1S/C24H26FNO3/c1-17-7-9-19-13-18(8-10-22(19)26(17)2)15-29-21-6-4-5-20(14-21)24(27-3)11-12-28-16-23(24)25/h4-10,13-14,23H,1,11-12,15-16H2,2-3H3. The molecule has 2 aromatic carbocycles. The van der Waals surface area contributed by atoms with E-state index in [9.17, 15) is 4.39 Å². The van der Waals surface area contributed by atoms with Crippen LogP contribution in [0.1, 0.15) is 23.1 Å². The second kappa shape index (κ2) is 8.01. The van der Waals surface area contributed by atoms with E-state index < -0.39 is 11.8 Å². The molecule has 0 spiro atoms. The molecule has 0 aliphatic carbocycles. The first-order chi connectivity index (χ1) is 14.0. The summed E-state index contributed by atoms with van der Waals surface area (Å²) in [6.45, 7) is 4.97. The van der Waals surface area contributed by atoms with Gasteiger partial charge in [-0.15, -0.1) is 0 Å². The summed E-state index contributed by atoms with van der Waals surface area (Å²) in [5, 5.41) is 0. The molecule has 152 valence electrons. The second-order valence-corrected chi connectivity index (χ2v) is 7.48. The van der Waals surface area contributed by atoms with Gasteiger partial charge in [0.2, 0.25) is 0 Å². The van der Waals surface area contributed by atoms with E-state index in [1.54, 1.807) is 7.11 Å². The average Bonchev–Trinajstić information content (AvgIpc) is 2.75. The highest BCUT2D eigenvalue weighted by Crippen LogP contribution is 2.39. The number of benzene rings is 2. The van der Waals surface area contributed by atoms with Gasteiger partial charge in [-0.2, -0.15) is 0 Å². The van der Waals surface area contributed by atoms with Crippen molar-refractivity contribution in [1.29, 1.82) is 0 Å². The van der Waals surface area contributed by atoms with E-state index in [-0.39, 0.29) is 6.61 Å². The van der Waals surface area contributed by atoms with Crippen molar-refractivity contribution in [1.82, 2.24) is 0 Å². The van der Waals surface area contributed by atoms with Crippen molar-refractivity contribution < 1.29 is 18.6 Å². The highest BCUT2D eigenvalue weighted by molar-refractivity contribution is 5.76. The fourth-order valence-electron chi connectivity index (χ4n) is 3.98. The van der Waals surface area contributed by atoms with Crippen LogP contribution in [-0.2, 0) is 21.7 Å². The molecule has 0 saturated carbocycles. The summed E-state index contributed by atoms with van der Waals surface area (Å²) in [6.07, 6.45) is 3.33. The maximum atomic E-state index is 14.7. The minimum Gasteiger partial charge on any atom is -0.489 e. The Kier molecular flexibility index (Phi) is 5.43. The molecule has 2 heterocycles. The average molecular weight is 395 g/mol. The summed E-state index contributed by atoms with van der Waals surface area (Å²) in [6, 6.07) is 13.8.